The Morgan fingerprint density at radius 3 is 1.93 bits per heavy atom. The van der Waals surface area contributed by atoms with Gasteiger partial charge in [-0.2, -0.15) is 0 Å². The fourth-order valence-corrected chi connectivity index (χ4v) is 2.89. The van der Waals surface area contributed by atoms with Crippen LogP contribution in [0.25, 0.3) is 0 Å². The molecule has 0 saturated carbocycles. The molecule has 28 heavy (non-hydrogen) atoms. The highest BCUT2D eigenvalue weighted by Gasteiger charge is 2.18. The van der Waals surface area contributed by atoms with Gasteiger partial charge in [-0.1, -0.05) is 32.0 Å². The Kier molecular flexibility index (Phi) is 7.87. The third kappa shape index (κ3) is 5.25. The van der Waals surface area contributed by atoms with Crippen LogP contribution in [0.4, 0.5) is 11.4 Å². The maximum absolute atomic E-state index is 12.5. The van der Waals surface area contributed by atoms with Crippen molar-refractivity contribution in [1.29, 1.82) is 0 Å². The summed E-state index contributed by atoms with van der Waals surface area (Å²) in [5.41, 5.74) is 3.18. The molecule has 0 radical (unpaired) electrons. The lowest BCUT2D eigenvalue weighted by atomic mass is 10.0. The van der Waals surface area contributed by atoms with Crippen LogP contribution in [0.15, 0.2) is 36.4 Å². The van der Waals surface area contributed by atoms with Gasteiger partial charge in [-0.3, -0.25) is 9.59 Å². The topological polar surface area (TPSA) is 76.7 Å². The van der Waals surface area contributed by atoms with E-state index < -0.39 is 11.8 Å². The second-order valence-corrected chi connectivity index (χ2v) is 6.09. The molecular weight excluding hydrogens is 356 g/mol. The molecule has 0 bridgehead atoms. The van der Waals surface area contributed by atoms with Crippen molar-refractivity contribution in [3.05, 3.63) is 47.5 Å². The average molecular weight is 384 g/mol. The molecule has 0 fully saturated rings. The number of benzene rings is 2. The Morgan fingerprint density at radius 2 is 1.36 bits per heavy atom. The van der Waals surface area contributed by atoms with Crippen LogP contribution in [0.1, 0.15) is 38.8 Å². The van der Waals surface area contributed by atoms with Gasteiger partial charge < -0.3 is 20.1 Å². The molecule has 0 heterocycles. The van der Waals surface area contributed by atoms with Crippen molar-refractivity contribution in [2.24, 2.45) is 0 Å². The number of nitrogens with one attached hydrogen (secondary N) is 2. The van der Waals surface area contributed by atoms with E-state index in [2.05, 4.69) is 10.6 Å². The van der Waals surface area contributed by atoms with Crippen molar-refractivity contribution in [3.63, 3.8) is 0 Å². The first kappa shape index (κ1) is 21.3. The van der Waals surface area contributed by atoms with E-state index in [4.69, 9.17) is 9.47 Å². The lowest BCUT2D eigenvalue weighted by molar-refractivity contribution is -0.133. The maximum Gasteiger partial charge on any atom is 0.314 e. The van der Waals surface area contributed by atoms with Crippen LogP contribution >= 0.6 is 0 Å². The first-order chi connectivity index (χ1) is 13.5. The van der Waals surface area contributed by atoms with Gasteiger partial charge in [0.25, 0.3) is 0 Å². The number of hydrogen-bond acceptors (Lipinski definition) is 4. The van der Waals surface area contributed by atoms with Crippen LogP contribution in [0.5, 0.6) is 11.5 Å². The number of carbonyl (C=O) groups excluding carboxylic acids is 2. The molecule has 2 amide bonds. The van der Waals surface area contributed by atoms with Gasteiger partial charge in [0.15, 0.2) is 11.5 Å². The summed E-state index contributed by atoms with van der Waals surface area (Å²) >= 11 is 0. The molecule has 2 N–H and O–H groups in total. The van der Waals surface area contributed by atoms with E-state index in [1.54, 1.807) is 18.2 Å². The fourth-order valence-electron chi connectivity index (χ4n) is 2.89. The average Bonchev–Trinajstić information content (AvgIpc) is 2.70. The fraction of sp³-hybridized carbons (Fsp3) is 0.364. The summed E-state index contributed by atoms with van der Waals surface area (Å²) in [5, 5.41) is 5.38. The van der Waals surface area contributed by atoms with Crippen molar-refractivity contribution in [1.82, 2.24) is 0 Å². The van der Waals surface area contributed by atoms with Crippen LogP contribution in [-0.2, 0) is 22.4 Å². The van der Waals surface area contributed by atoms with Gasteiger partial charge in [0.2, 0.25) is 0 Å². The summed E-state index contributed by atoms with van der Waals surface area (Å²) in [5.74, 6) is -0.328. The smallest absolute Gasteiger partial charge is 0.314 e. The van der Waals surface area contributed by atoms with Crippen molar-refractivity contribution >= 4 is 23.2 Å². The number of rotatable bonds is 8. The molecule has 6 nitrogen and oxygen atoms in total. The summed E-state index contributed by atoms with van der Waals surface area (Å²) in [4.78, 5) is 24.9. The van der Waals surface area contributed by atoms with Crippen molar-refractivity contribution in [2.45, 2.75) is 40.5 Å². The minimum absolute atomic E-state index is 0.464. The first-order valence-electron chi connectivity index (χ1n) is 9.66. The van der Waals surface area contributed by atoms with Gasteiger partial charge in [0, 0.05) is 17.4 Å². The first-order valence-corrected chi connectivity index (χ1v) is 9.66. The van der Waals surface area contributed by atoms with Gasteiger partial charge in [-0.25, -0.2) is 0 Å². The molecule has 0 atom stereocenters. The molecule has 6 heteroatoms. The summed E-state index contributed by atoms with van der Waals surface area (Å²) in [7, 11) is 0. The van der Waals surface area contributed by atoms with E-state index in [1.807, 2.05) is 45.9 Å². The van der Waals surface area contributed by atoms with E-state index in [9.17, 15) is 9.59 Å². The number of amides is 2. The highest BCUT2D eigenvalue weighted by molar-refractivity contribution is 6.43. The standard InChI is InChI=1S/C22H28N2O4/c1-5-15-10-9-11-16(6-2)20(15)24-22(26)21(25)23-17-12-13-18(27-7-3)19(14-17)28-8-4/h9-14H,5-8H2,1-4H3,(H,23,25)(H,24,26). The van der Waals surface area contributed by atoms with Gasteiger partial charge in [0.1, 0.15) is 0 Å². The van der Waals surface area contributed by atoms with E-state index in [-0.39, 0.29) is 0 Å². The van der Waals surface area contributed by atoms with Gasteiger partial charge in [-0.15, -0.1) is 0 Å². The highest BCUT2D eigenvalue weighted by Crippen LogP contribution is 2.30. The van der Waals surface area contributed by atoms with Crippen LogP contribution in [0.3, 0.4) is 0 Å². The molecule has 0 aliphatic rings. The molecule has 2 rings (SSSR count). The number of para-hydroxylation sites is 1. The molecule has 0 aliphatic carbocycles. The third-order valence-corrected chi connectivity index (χ3v) is 4.24. The van der Waals surface area contributed by atoms with Gasteiger partial charge >= 0.3 is 11.8 Å². The van der Waals surface area contributed by atoms with Crippen LogP contribution in [0.2, 0.25) is 0 Å². The Hall–Kier alpha value is -3.02. The zero-order valence-electron chi connectivity index (χ0n) is 16.9. The largest absolute Gasteiger partial charge is 0.490 e. The summed E-state index contributed by atoms with van der Waals surface area (Å²) in [6.45, 7) is 8.75. The normalized spacial score (nSPS) is 10.3. The monoisotopic (exact) mass is 384 g/mol. The summed E-state index contributed by atoms with van der Waals surface area (Å²) in [6, 6.07) is 10.9. The van der Waals surface area contributed by atoms with Gasteiger partial charge in [0.05, 0.1) is 13.2 Å². The summed E-state index contributed by atoms with van der Waals surface area (Å²) < 4.78 is 11.1. The van der Waals surface area contributed by atoms with Crippen LogP contribution in [-0.4, -0.2) is 25.0 Å². The number of anilines is 2. The molecule has 0 saturated heterocycles. The maximum atomic E-state index is 12.5. The minimum atomic E-state index is -0.737. The predicted molar refractivity (Wildman–Crippen MR) is 111 cm³/mol. The number of aryl methyl sites for hydroxylation is 2. The third-order valence-electron chi connectivity index (χ3n) is 4.24. The Bertz CT molecular complexity index is 811. The highest BCUT2D eigenvalue weighted by atomic mass is 16.5. The molecule has 0 unspecified atom stereocenters. The lowest BCUT2D eigenvalue weighted by Gasteiger charge is -2.15. The predicted octanol–water partition coefficient (Wildman–Crippen LogP) is 4.19. The molecule has 2 aromatic carbocycles. The number of ether oxygens (including phenoxy) is 2. The lowest BCUT2D eigenvalue weighted by Crippen LogP contribution is -2.30. The second-order valence-electron chi connectivity index (χ2n) is 6.09. The second kappa shape index (κ2) is 10.3. The quantitative estimate of drug-likeness (QED) is 0.669. The molecule has 0 aliphatic heterocycles. The molecule has 0 spiro atoms. The molecule has 2 aromatic rings. The SMILES string of the molecule is CCOc1ccc(NC(=O)C(=O)Nc2c(CC)cccc2CC)cc1OCC. The molecule has 0 aromatic heterocycles. The van der Waals surface area contributed by atoms with Crippen LogP contribution < -0.4 is 20.1 Å². The zero-order valence-corrected chi connectivity index (χ0v) is 16.9. The Labute approximate surface area is 166 Å². The number of carbonyl (C=O) groups is 2. The Balaban J connectivity index is 2.15. The minimum Gasteiger partial charge on any atom is -0.490 e. The van der Waals surface area contributed by atoms with E-state index in [1.165, 1.54) is 0 Å². The summed E-state index contributed by atoms with van der Waals surface area (Å²) in [6.07, 6.45) is 1.53. The van der Waals surface area contributed by atoms with E-state index in [0.29, 0.717) is 36.1 Å². The van der Waals surface area contributed by atoms with E-state index >= 15 is 0 Å². The number of hydrogen-bond donors (Lipinski definition) is 2. The van der Waals surface area contributed by atoms with E-state index in [0.717, 1.165) is 24.0 Å². The van der Waals surface area contributed by atoms with Crippen molar-refractivity contribution in [3.8, 4) is 11.5 Å². The van der Waals surface area contributed by atoms with Crippen LogP contribution in [0, 0.1) is 0 Å². The Morgan fingerprint density at radius 1 is 0.786 bits per heavy atom. The molecule has 150 valence electrons. The van der Waals surface area contributed by atoms with Crippen molar-refractivity contribution < 1.29 is 19.1 Å². The van der Waals surface area contributed by atoms with Gasteiger partial charge in [-0.05, 0) is 49.9 Å². The van der Waals surface area contributed by atoms with Crippen molar-refractivity contribution in [2.75, 3.05) is 23.8 Å². The molecular formula is C22H28N2O4. The zero-order chi connectivity index (χ0) is 20.5.